The summed E-state index contributed by atoms with van der Waals surface area (Å²) in [6, 6.07) is 0.173. The lowest BCUT2D eigenvalue weighted by molar-refractivity contribution is 0.152. The third kappa shape index (κ3) is 5.97. The van der Waals surface area contributed by atoms with Gasteiger partial charge in [-0.2, -0.15) is 0 Å². The summed E-state index contributed by atoms with van der Waals surface area (Å²) in [6.45, 7) is 4.80. The second kappa shape index (κ2) is 6.91. The van der Waals surface area contributed by atoms with E-state index in [-0.39, 0.29) is 12.1 Å². The zero-order valence-electron chi connectivity index (χ0n) is 7.80. The van der Waals surface area contributed by atoms with E-state index >= 15 is 0 Å². The van der Waals surface area contributed by atoms with Gasteiger partial charge in [-0.3, -0.25) is 0 Å². The first-order chi connectivity index (χ1) is 5.70. The van der Waals surface area contributed by atoms with Gasteiger partial charge in [0.25, 0.3) is 0 Å². The Labute approximate surface area is 73.5 Å². The number of hydrogen-bond donors (Lipinski definition) is 2. The molecule has 0 aliphatic rings. The molecular formula is C8H18N2O2. The molecule has 1 amide bonds. The smallest absolute Gasteiger partial charge is 0.407 e. The molecule has 0 spiro atoms. The Hall–Kier alpha value is -0.770. The van der Waals surface area contributed by atoms with Crippen LogP contribution in [0, 0.1) is 0 Å². The van der Waals surface area contributed by atoms with Crippen LogP contribution in [0.2, 0.25) is 0 Å². The number of rotatable bonds is 5. The van der Waals surface area contributed by atoms with E-state index in [0.29, 0.717) is 13.2 Å². The molecule has 0 saturated carbocycles. The van der Waals surface area contributed by atoms with Gasteiger partial charge in [-0.15, -0.1) is 0 Å². The summed E-state index contributed by atoms with van der Waals surface area (Å²) in [7, 11) is 0. The maximum Gasteiger partial charge on any atom is 0.407 e. The molecule has 0 saturated heterocycles. The minimum atomic E-state index is -0.360. The van der Waals surface area contributed by atoms with E-state index in [4.69, 9.17) is 5.73 Å². The number of carbonyl (C=O) groups excluding carboxylic acids is 1. The average molecular weight is 174 g/mol. The molecule has 1 atom stereocenters. The molecule has 72 valence electrons. The molecule has 12 heavy (non-hydrogen) atoms. The molecule has 0 aromatic carbocycles. The third-order valence-electron chi connectivity index (χ3n) is 1.58. The van der Waals surface area contributed by atoms with Crippen LogP contribution in [0.1, 0.15) is 26.7 Å². The molecular weight excluding hydrogens is 156 g/mol. The first-order valence-corrected chi connectivity index (χ1v) is 4.36. The van der Waals surface area contributed by atoms with Crippen molar-refractivity contribution in [2.24, 2.45) is 5.73 Å². The van der Waals surface area contributed by atoms with Gasteiger partial charge in [0.15, 0.2) is 0 Å². The molecule has 0 aliphatic heterocycles. The minimum Gasteiger partial charge on any atom is -0.450 e. The van der Waals surface area contributed by atoms with Crippen molar-refractivity contribution in [1.29, 1.82) is 0 Å². The summed E-state index contributed by atoms with van der Waals surface area (Å²) in [5.41, 5.74) is 5.64. The highest BCUT2D eigenvalue weighted by Crippen LogP contribution is 1.90. The van der Waals surface area contributed by atoms with Gasteiger partial charge in [-0.05, 0) is 19.8 Å². The topological polar surface area (TPSA) is 64.3 Å². The Bertz CT molecular complexity index is 128. The Morgan fingerprint density at radius 3 is 2.75 bits per heavy atom. The van der Waals surface area contributed by atoms with Crippen LogP contribution >= 0.6 is 0 Å². The standard InChI is InChI=1S/C8H18N2O2/c1-3-7(9)5-6-10-8(11)12-4-2/h7H,3-6,9H2,1-2H3,(H,10,11). The fraction of sp³-hybridized carbons (Fsp3) is 0.875. The predicted molar refractivity (Wildman–Crippen MR) is 47.9 cm³/mol. The van der Waals surface area contributed by atoms with Crippen molar-refractivity contribution in [3.63, 3.8) is 0 Å². The normalized spacial score (nSPS) is 12.2. The van der Waals surface area contributed by atoms with Crippen molar-refractivity contribution in [2.45, 2.75) is 32.7 Å². The third-order valence-corrected chi connectivity index (χ3v) is 1.58. The van der Waals surface area contributed by atoms with Gasteiger partial charge in [0.1, 0.15) is 0 Å². The number of nitrogens with one attached hydrogen (secondary N) is 1. The first kappa shape index (κ1) is 11.2. The van der Waals surface area contributed by atoms with Crippen molar-refractivity contribution >= 4 is 6.09 Å². The maximum atomic E-state index is 10.7. The molecule has 3 N–H and O–H groups in total. The minimum absolute atomic E-state index is 0.173. The van der Waals surface area contributed by atoms with Crippen LogP contribution in [-0.2, 0) is 4.74 Å². The summed E-state index contributed by atoms with van der Waals surface area (Å²) < 4.78 is 4.67. The molecule has 0 heterocycles. The summed E-state index contributed by atoms with van der Waals surface area (Å²) in [5, 5.41) is 2.61. The van der Waals surface area contributed by atoms with E-state index in [2.05, 4.69) is 10.1 Å². The highest BCUT2D eigenvalue weighted by atomic mass is 16.5. The molecule has 0 bridgehead atoms. The second-order valence-corrected chi connectivity index (χ2v) is 2.60. The monoisotopic (exact) mass is 174 g/mol. The van der Waals surface area contributed by atoms with Crippen LogP contribution in [0.5, 0.6) is 0 Å². The fourth-order valence-electron chi connectivity index (χ4n) is 0.746. The number of carbonyl (C=O) groups is 1. The quantitative estimate of drug-likeness (QED) is 0.649. The Morgan fingerprint density at radius 1 is 1.58 bits per heavy atom. The van der Waals surface area contributed by atoms with Crippen molar-refractivity contribution < 1.29 is 9.53 Å². The largest absolute Gasteiger partial charge is 0.450 e. The lowest BCUT2D eigenvalue weighted by Gasteiger charge is -2.08. The van der Waals surface area contributed by atoms with Gasteiger partial charge in [0.05, 0.1) is 6.61 Å². The Balaban J connectivity index is 3.24. The first-order valence-electron chi connectivity index (χ1n) is 4.36. The Morgan fingerprint density at radius 2 is 2.25 bits per heavy atom. The summed E-state index contributed by atoms with van der Waals surface area (Å²) >= 11 is 0. The molecule has 4 heteroatoms. The molecule has 0 fully saturated rings. The number of alkyl carbamates (subject to hydrolysis) is 1. The molecule has 4 nitrogen and oxygen atoms in total. The molecule has 0 rings (SSSR count). The van der Waals surface area contributed by atoms with Crippen LogP contribution in [-0.4, -0.2) is 25.3 Å². The number of nitrogens with two attached hydrogens (primary N) is 1. The van der Waals surface area contributed by atoms with E-state index in [1.807, 2.05) is 6.92 Å². The Kier molecular flexibility index (Phi) is 6.47. The molecule has 0 radical (unpaired) electrons. The number of hydrogen-bond acceptors (Lipinski definition) is 3. The maximum absolute atomic E-state index is 10.7. The van der Waals surface area contributed by atoms with E-state index in [0.717, 1.165) is 12.8 Å². The predicted octanol–water partition coefficient (Wildman–Crippen LogP) is 0.860. The van der Waals surface area contributed by atoms with Gasteiger partial charge < -0.3 is 15.8 Å². The van der Waals surface area contributed by atoms with E-state index in [1.54, 1.807) is 6.92 Å². The summed E-state index contributed by atoms with van der Waals surface area (Å²) in [4.78, 5) is 10.7. The van der Waals surface area contributed by atoms with E-state index < -0.39 is 0 Å². The molecule has 0 aliphatic carbocycles. The highest BCUT2D eigenvalue weighted by Gasteiger charge is 2.01. The van der Waals surface area contributed by atoms with Crippen LogP contribution in [0.15, 0.2) is 0 Å². The number of ether oxygens (including phenoxy) is 1. The fourth-order valence-corrected chi connectivity index (χ4v) is 0.746. The van der Waals surface area contributed by atoms with Crippen molar-refractivity contribution in [2.75, 3.05) is 13.2 Å². The molecule has 0 aromatic heterocycles. The van der Waals surface area contributed by atoms with E-state index in [9.17, 15) is 4.79 Å². The zero-order chi connectivity index (χ0) is 9.40. The van der Waals surface area contributed by atoms with Gasteiger partial charge in [0.2, 0.25) is 0 Å². The van der Waals surface area contributed by atoms with E-state index in [1.165, 1.54) is 0 Å². The van der Waals surface area contributed by atoms with Crippen molar-refractivity contribution in [1.82, 2.24) is 5.32 Å². The summed E-state index contributed by atoms with van der Waals surface area (Å²) in [6.07, 6.45) is 1.38. The SMILES string of the molecule is CCOC(=O)NCCC(N)CC. The lowest BCUT2D eigenvalue weighted by Crippen LogP contribution is -2.30. The van der Waals surface area contributed by atoms with Crippen molar-refractivity contribution in [3.8, 4) is 0 Å². The number of amides is 1. The average Bonchev–Trinajstić information content (AvgIpc) is 2.04. The summed E-state index contributed by atoms with van der Waals surface area (Å²) in [5.74, 6) is 0. The van der Waals surface area contributed by atoms with Crippen molar-refractivity contribution in [3.05, 3.63) is 0 Å². The second-order valence-electron chi connectivity index (χ2n) is 2.60. The van der Waals surface area contributed by atoms with Gasteiger partial charge in [-0.1, -0.05) is 6.92 Å². The molecule has 0 aromatic rings. The van der Waals surface area contributed by atoms with Crippen LogP contribution in [0.3, 0.4) is 0 Å². The highest BCUT2D eigenvalue weighted by molar-refractivity contribution is 5.66. The van der Waals surface area contributed by atoms with Gasteiger partial charge in [0, 0.05) is 12.6 Å². The lowest BCUT2D eigenvalue weighted by atomic mass is 10.2. The molecule has 1 unspecified atom stereocenters. The van der Waals surface area contributed by atoms with Crippen LogP contribution < -0.4 is 11.1 Å². The zero-order valence-corrected chi connectivity index (χ0v) is 7.80. The van der Waals surface area contributed by atoms with Crippen LogP contribution in [0.25, 0.3) is 0 Å². The van der Waals surface area contributed by atoms with Crippen LogP contribution in [0.4, 0.5) is 4.79 Å². The van der Waals surface area contributed by atoms with Gasteiger partial charge >= 0.3 is 6.09 Å². The van der Waals surface area contributed by atoms with Gasteiger partial charge in [-0.25, -0.2) is 4.79 Å².